The fourth-order valence-electron chi connectivity index (χ4n) is 3.06. The van der Waals surface area contributed by atoms with Gasteiger partial charge in [0.05, 0.1) is 6.10 Å². The minimum atomic E-state index is -4.72. The zero-order valence-corrected chi connectivity index (χ0v) is 9.73. The van der Waals surface area contributed by atoms with Gasteiger partial charge in [-0.1, -0.05) is 0 Å². The number of carbonyl (C=O) groups is 1. The number of halogens is 3. The first-order chi connectivity index (χ1) is 8.29. The SMILES string of the molecule is O=C(O)C(CN1CC2CCC(O)C2C1)C(F)(F)F. The molecule has 2 aliphatic rings. The number of aliphatic hydroxyl groups excluding tert-OH is 1. The van der Waals surface area contributed by atoms with Gasteiger partial charge in [-0.15, -0.1) is 0 Å². The van der Waals surface area contributed by atoms with Crippen LogP contribution in [0.3, 0.4) is 0 Å². The lowest BCUT2D eigenvalue weighted by Crippen LogP contribution is -2.41. The monoisotopic (exact) mass is 267 g/mol. The summed E-state index contributed by atoms with van der Waals surface area (Å²) in [5.74, 6) is -3.95. The molecule has 0 aromatic carbocycles. The van der Waals surface area contributed by atoms with Gasteiger partial charge in [-0.05, 0) is 18.8 Å². The standard InChI is InChI=1S/C11H16F3NO3/c12-11(13,14)8(10(17)18)5-15-3-6-1-2-9(16)7(6)4-15/h6-9,16H,1-5H2,(H,17,18). The third-order valence-corrected chi connectivity index (χ3v) is 4.03. The van der Waals surface area contributed by atoms with E-state index in [0.29, 0.717) is 19.5 Å². The van der Waals surface area contributed by atoms with E-state index in [1.54, 1.807) is 0 Å². The highest BCUT2D eigenvalue weighted by Gasteiger charge is 2.49. The summed E-state index contributed by atoms with van der Waals surface area (Å²) in [5.41, 5.74) is 0. The summed E-state index contributed by atoms with van der Waals surface area (Å²) in [6.07, 6.45) is -3.66. The quantitative estimate of drug-likeness (QED) is 0.799. The molecular formula is C11H16F3NO3. The van der Waals surface area contributed by atoms with Gasteiger partial charge >= 0.3 is 12.1 Å². The maximum absolute atomic E-state index is 12.5. The van der Waals surface area contributed by atoms with Gasteiger partial charge in [0.25, 0.3) is 0 Å². The van der Waals surface area contributed by atoms with Crippen molar-refractivity contribution in [2.75, 3.05) is 19.6 Å². The van der Waals surface area contributed by atoms with Crippen LogP contribution in [0, 0.1) is 17.8 Å². The Hall–Kier alpha value is -0.820. The van der Waals surface area contributed by atoms with Gasteiger partial charge < -0.3 is 15.1 Å². The first-order valence-electron chi connectivity index (χ1n) is 5.99. The molecule has 18 heavy (non-hydrogen) atoms. The van der Waals surface area contributed by atoms with Crippen molar-refractivity contribution in [3.05, 3.63) is 0 Å². The number of alkyl halides is 3. The average molecular weight is 267 g/mol. The zero-order valence-electron chi connectivity index (χ0n) is 9.73. The van der Waals surface area contributed by atoms with Crippen LogP contribution < -0.4 is 0 Å². The molecule has 4 nitrogen and oxygen atoms in total. The Kier molecular flexibility index (Phi) is 3.55. The van der Waals surface area contributed by atoms with E-state index in [0.717, 1.165) is 6.42 Å². The number of aliphatic carboxylic acids is 1. The van der Waals surface area contributed by atoms with Gasteiger partial charge in [0.1, 0.15) is 0 Å². The number of likely N-dealkylation sites (tertiary alicyclic amines) is 1. The Bertz CT molecular complexity index is 334. The first-order valence-corrected chi connectivity index (χ1v) is 5.99. The summed E-state index contributed by atoms with van der Waals surface area (Å²) >= 11 is 0. The molecule has 1 heterocycles. The normalized spacial score (nSPS) is 34.6. The van der Waals surface area contributed by atoms with Crippen molar-refractivity contribution < 1.29 is 28.2 Å². The highest BCUT2D eigenvalue weighted by atomic mass is 19.4. The maximum atomic E-state index is 12.5. The molecular weight excluding hydrogens is 251 g/mol. The van der Waals surface area contributed by atoms with Crippen molar-refractivity contribution in [2.24, 2.45) is 17.8 Å². The summed E-state index contributed by atoms with van der Waals surface area (Å²) < 4.78 is 37.6. The molecule has 0 bridgehead atoms. The van der Waals surface area contributed by atoms with E-state index in [-0.39, 0.29) is 11.8 Å². The Morgan fingerprint density at radius 2 is 2.00 bits per heavy atom. The Balaban J connectivity index is 1.96. The molecule has 1 aliphatic carbocycles. The lowest BCUT2D eigenvalue weighted by atomic mass is 10.00. The number of carboxylic acids is 1. The number of fused-ring (bicyclic) bond motifs is 1. The number of hydrogen-bond donors (Lipinski definition) is 2. The molecule has 104 valence electrons. The van der Waals surface area contributed by atoms with Gasteiger partial charge in [-0.3, -0.25) is 4.79 Å². The minimum Gasteiger partial charge on any atom is -0.481 e. The fraction of sp³-hybridized carbons (Fsp3) is 0.909. The molecule has 7 heteroatoms. The van der Waals surface area contributed by atoms with Crippen LogP contribution in [0.25, 0.3) is 0 Å². The van der Waals surface area contributed by atoms with E-state index in [1.807, 2.05) is 0 Å². The summed E-state index contributed by atoms with van der Waals surface area (Å²) in [6, 6.07) is 0. The van der Waals surface area contributed by atoms with Crippen LogP contribution in [-0.2, 0) is 4.79 Å². The van der Waals surface area contributed by atoms with Crippen LogP contribution in [0.15, 0.2) is 0 Å². The molecule has 0 spiro atoms. The smallest absolute Gasteiger partial charge is 0.403 e. The molecule has 2 fully saturated rings. The zero-order chi connectivity index (χ0) is 13.5. The second kappa shape index (κ2) is 4.70. The molecule has 0 amide bonds. The van der Waals surface area contributed by atoms with E-state index in [1.165, 1.54) is 4.90 Å². The highest BCUT2D eigenvalue weighted by Crippen LogP contribution is 2.39. The largest absolute Gasteiger partial charge is 0.481 e. The van der Waals surface area contributed by atoms with Crippen LogP contribution in [0.1, 0.15) is 12.8 Å². The first kappa shape index (κ1) is 13.6. The van der Waals surface area contributed by atoms with E-state index in [2.05, 4.69) is 0 Å². The third-order valence-electron chi connectivity index (χ3n) is 4.03. The summed E-state index contributed by atoms with van der Waals surface area (Å²) in [7, 11) is 0. The van der Waals surface area contributed by atoms with Crippen molar-refractivity contribution in [3.8, 4) is 0 Å². The molecule has 0 aromatic heterocycles. The molecule has 0 aromatic rings. The second-order valence-electron chi connectivity index (χ2n) is 5.22. The van der Waals surface area contributed by atoms with E-state index >= 15 is 0 Å². The molecule has 1 aliphatic heterocycles. The maximum Gasteiger partial charge on any atom is 0.403 e. The number of carboxylic acid groups (broad SMARTS) is 1. The number of aliphatic hydroxyl groups is 1. The van der Waals surface area contributed by atoms with Crippen molar-refractivity contribution in [1.29, 1.82) is 0 Å². The van der Waals surface area contributed by atoms with Crippen molar-refractivity contribution in [1.82, 2.24) is 4.90 Å². The molecule has 0 radical (unpaired) electrons. The highest BCUT2D eigenvalue weighted by molar-refractivity contribution is 5.71. The lowest BCUT2D eigenvalue weighted by Gasteiger charge is -2.23. The Labute approximate surface area is 102 Å². The van der Waals surface area contributed by atoms with Gasteiger partial charge in [-0.25, -0.2) is 0 Å². The van der Waals surface area contributed by atoms with E-state index in [9.17, 15) is 23.1 Å². The summed E-state index contributed by atoms with van der Waals surface area (Å²) in [4.78, 5) is 12.2. The van der Waals surface area contributed by atoms with Gasteiger partial charge in [0.15, 0.2) is 5.92 Å². The predicted molar refractivity (Wildman–Crippen MR) is 55.8 cm³/mol. The Morgan fingerprint density at radius 3 is 2.50 bits per heavy atom. The number of nitrogens with zero attached hydrogens (tertiary/aromatic N) is 1. The van der Waals surface area contributed by atoms with Crippen molar-refractivity contribution >= 4 is 5.97 Å². The topological polar surface area (TPSA) is 60.8 Å². The average Bonchev–Trinajstić information content (AvgIpc) is 2.75. The molecule has 2 N–H and O–H groups in total. The van der Waals surface area contributed by atoms with Gasteiger partial charge in [-0.2, -0.15) is 13.2 Å². The molecule has 4 unspecified atom stereocenters. The van der Waals surface area contributed by atoms with Crippen LogP contribution in [0.4, 0.5) is 13.2 Å². The lowest BCUT2D eigenvalue weighted by molar-refractivity contribution is -0.196. The van der Waals surface area contributed by atoms with Crippen molar-refractivity contribution in [2.45, 2.75) is 25.1 Å². The second-order valence-corrected chi connectivity index (χ2v) is 5.22. The van der Waals surface area contributed by atoms with Gasteiger partial charge in [0, 0.05) is 25.6 Å². The van der Waals surface area contributed by atoms with Crippen LogP contribution in [0.5, 0.6) is 0 Å². The molecule has 4 atom stereocenters. The van der Waals surface area contributed by atoms with Crippen LogP contribution in [0.2, 0.25) is 0 Å². The third kappa shape index (κ3) is 2.61. The summed E-state index contributed by atoms with van der Waals surface area (Å²) in [5, 5.41) is 18.3. The molecule has 1 saturated heterocycles. The predicted octanol–water partition coefficient (Wildman–Crippen LogP) is 0.952. The number of rotatable bonds is 3. The van der Waals surface area contributed by atoms with Crippen molar-refractivity contribution in [3.63, 3.8) is 0 Å². The van der Waals surface area contributed by atoms with Gasteiger partial charge in [0.2, 0.25) is 0 Å². The number of hydrogen-bond acceptors (Lipinski definition) is 3. The molecule has 2 rings (SSSR count). The van der Waals surface area contributed by atoms with E-state index in [4.69, 9.17) is 5.11 Å². The summed E-state index contributed by atoms with van der Waals surface area (Å²) in [6.45, 7) is 0.311. The fourth-order valence-corrected chi connectivity index (χ4v) is 3.06. The van der Waals surface area contributed by atoms with Crippen LogP contribution >= 0.6 is 0 Å². The Morgan fingerprint density at radius 1 is 1.33 bits per heavy atom. The van der Waals surface area contributed by atoms with E-state index < -0.39 is 30.7 Å². The minimum absolute atomic E-state index is 0.00711. The molecule has 1 saturated carbocycles. The van der Waals surface area contributed by atoms with Crippen LogP contribution in [-0.4, -0.2) is 53.0 Å².